The highest BCUT2D eigenvalue weighted by Gasteiger charge is 2.16. The Bertz CT molecular complexity index is 934. The normalized spacial score (nSPS) is 11.6. The topological polar surface area (TPSA) is 60.5 Å². The van der Waals surface area contributed by atoms with Crippen molar-refractivity contribution in [3.63, 3.8) is 0 Å². The van der Waals surface area contributed by atoms with E-state index in [2.05, 4.69) is 15.2 Å². The lowest BCUT2D eigenvalue weighted by Gasteiger charge is -2.06. The fourth-order valence-electron chi connectivity index (χ4n) is 2.48. The number of benzene rings is 1. The molecule has 3 rings (SSSR count). The Hall–Kier alpha value is -2.96. The molecule has 0 saturated carbocycles. The van der Waals surface area contributed by atoms with Crippen molar-refractivity contribution in [1.29, 1.82) is 0 Å². The summed E-state index contributed by atoms with van der Waals surface area (Å²) in [4.78, 5) is 4.53. The van der Waals surface area contributed by atoms with Gasteiger partial charge in [0.05, 0.1) is 19.9 Å². The number of pyridine rings is 1. The third-order valence-corrected chi connectivity index (χ3v) is 3.77. The number of aromatic nitrogens is 2. The third kappa shape index (κ3) is 3.31. The van der Waals surface area contributed by atoms with Gasteiger partial charge in [-0.15, -0.1) is 10.2 Å². The van der Waals surface area contributed by atoms with Crippen molar-refractivity contribution in [2.75, 3.05) is 14.2 Å². The van der Waals surface area contributed by atoms with E-state index < -0.39 is 0 Å². The van der Waals surface area contributed by atoms with Gasteiger partial charge < -0.3 is 9.47 Å². The predicted molar refractivity (Wildman–Crippen MR) is 93.0 cm³/mol. The first kappa shape index (κ1) is 16.9. The summed E-state index contributed by atoms with van der Waals surface area (Å²) >= 11 is 0. The maximum Gasteiger partial charge on any atom is 0.183 e. The maximum absolute atomic E-state index is 13.6. The van der Waals surface area contributed by atoms with E-state index in [4.69, 9.17) is 9.47 Å². The second-order valence-electron chi connectivity index (χ2n) is 5.79. The molecule has 0 amide bonds. The Morgan fingerprint density at radius 1 is 1.08 bits per heavy atom. The van der Waals surface area contributed by atoms with Gasteiger partial charge in [-0.25, -0.2) is 9.37 Å². The minimum Gasteiger partial charge on any atom is -0.497 e. The number of hydrogen-bond acceptors (Lipinski definition) is 5. The smallest absolute Gasteiger partial charge is 0.183 e. The number of nitrogens with zero attached hydrogens (tertiary/aromatic N) is 4. The first-order chi connectivity index (χ1) is 12.0. The van der Waals surface area contributed by atoms with Crippen LogP contribution in [0.25, 0.3) is 5.65 Å². The van der Waals surface area contributed by atoms with Gasteiger partial charge in [0.2, 0.25) is 0 Å². The predicted octanol–water partition coefficient (Wildman–Crippen LogP) is 5.03. The highest BCUT2D eigenvalue weighted by molar-refractivity contribution is 5.56. The van der Waals surface area contributed by atoms with E-state index in [-0.39, 0.29) is 11.7 Å². The molecule has 3 aromatic rings. The van der Waals surface area contributed by atoms with Crippen molar-refractivity contribution < 1.29 is 13.9 Å². The molecule has 0 fully saturated rings. The molecule has 0 atom stereocenters. The molecule has 6 nitrogen and oxygen atoms in total. The molecule has 25 heavy (non-hydrogen) atoms. The third-order valence-electron chi connectivity index (χ3n) is 3.77. The fourth-order valence-corrected chi connectivity index (χ4v) is 2.48. The summed E-state index contributed by atoms with van der Waals surface area (Å²) in [5.41, 5.74) is 1.92. The molecule has 0 radical (unpaired) electrons. The molecule has 0 N–H and O–H groups in total. The van der Waals surface area contributed by atoms with Gasteiger partial charge in [-0.1, -0.05) is 13.8 Å². The van der Waals surface area contributed by atoms with E-state index in [0.717, 1.165) is 5.69 Å². The zero-order valence-electron chi connectivity index (χ0n) is 14.5. The van der Waals surface area contributed by atoms with Gasteiger partial charge in [0.1, 0.15) is 28.7 Å². The Labute approximate surface area is 144 Å². The van der Waals surface area contributed by atoms with E-state index in [1.807, 2.05) is 13.8 Å². The molecule has 130 valence electrons. The van der Waals surface area contributed by atoms with Crippen LogP contribution in [0.1, 0.15) is 25.5 Å². The van der Waals surface area contributed by atoms with Crippen LogP contribution in [0, 0.1) is 5.82 Å². The molecule has 1 aromatic carbocycles. The van der Waals surface area contributed by atoms with Crippen molar-refractivity contribution >= 4 is 17.2 Å². The molecule has 0 bridgehead atoms. The summed E-state index contributed by atoms with van der Waals surface area (Å²) < 4.78 is 25.7. The summed E-state index contributed by atoms with van der Waals surface area (Å²) in [6.07, 6.45) is 1.35. The van der Waals surface area contributed by atoms with E-state index >= 15 is 0 Å². The molecule has 0 saturated heterocycles. The van der Waals surface area contributed by atoms with E-state index in [0.29, 0.717) is 28.7 Å². The molecule has 0 aliphatic heterocycles. The second kappa shape index (κ2) is 6.88. The Morgan fingerprint density at radius 2 is 1.88 bits per heavy atom. The van der Waals surface area contributed by atoms with Gasteiger partial charge in [-0.2, -0.15) is 0 Å². The SMILES string of the molecule is COc1ccc(N=Nc2c(C(C)C)nc3ccc(F)cn23)c(OC)c1. The van der Waals surface area contributed by atoms with Crippen molar-refractivity contribution in [2.24, 2.45) is 10.2 Å². The first-order valence-electron chi connectivity index (χ1n) is 7.84. The van der Waals surface area contributed by atoms with Gasteiger partial charge in [0, 0.05) is 12.3 Å². The minimum absolute atomic E-state index is 0.120. The quantitative estimate of drug-likeness (QED) is 0.611. The number of fused-ring (bicyclic) bond motifs is 1. The summed E-state index contributed by atoms with van der Waals surface area (Å²) in [6.45, 7) is 4.01. The minimum atomic E-state index is -0.362. The molecule has 0 aliphatic rings. The molecule has 2 heterocycles. The summed E-state index contributed by atoms with van der Waals surface area (Å²) in [6, 6.07) is 8.24. The second-order valence-corrected chi connectivity index (χ2v) is 5.79. The number of halogens is 1. The average molecular weight is 342 g/mol. The highest BCUT2D eigenvalue weighted by atomic mass is 19.1. The van der Waals surface area contributed by atoms with Crippen LogP contribution in [0.2, 0.25) is 0 Å². The summed E-state index contributed by atoms with van der Waals surface area (Å²) in [7, 11) is 3.13. The molecule has 0 spiro atoms. The Morgan fingerprint density at radius 3 is 2.56 bits per heavy atom. The van der Waals surface area contributed by atoms with Crippen LogP contribution in [0.3, 0.4) is 0 Å². The summed E-state index contributed by atoms with van der Waals surface area (Å²) in [5, 5.41) is 8.61. The van der Waals surface area contributed by atoms with Crippen molar-refractivity contribution in [3.8, 4) is 11.5 Å². The lowest BCUT2D eigenvalue weighted by Crippen LogP contribution is -1.89. The maximum atomic E-state index is 13.6. The van der Waals surface area contributed by atoms with Crippen LogP contribution < -0.4 is 9.47 Å². The van der Waals surface area contributed by atoms with E-state index in [1.165, 1.54) is 12.3 Å². The summed E-state index contributed by atoms with van der Waals surface area (Å²) in [5.74, 6) is 1.46. The largest absolute Gasteiger partial charge is 0.497 e. The van der Waals surface area contributed by atoms with Crippen LogP contribution >= 0.6 is 0 Å². The van der Waals surface area contributed by atoms with Gasteiger partial charge in [0.15, 0.2) is 5.82 Å². The zero-order chi connectivity index (χ0) is 18.0. The van der Waals surface area contributed by atoms with Crippen LogP contribution in [0.15, 0.2) is 46.8 Å². The van der Waals surface area contributed by atoms with Crippen molar-refractivity contribution in [3.05, 3.63) is 48.0 Å². The molecule has 2 aromatic heterocycles. The molecule has 0 unspecified atom stereocenters. The van der Waals surface area contributed by atoms with Crippen LogP contribution in [0.5, 0.6) is 11.5 Å². The zero-order valence-corrected chi connectivity index (χ0v) is 14.5. The van der Waals surface area contributed by atoms with Gasteiger partial charge in [0.25, 0.3) is 0 Å². The Kier molecular flexibility index (Phi) is 4.65. The van der Waals surface area contributed by atoms with E-state index in [9.17, 15) is 4.39 Å². The molecular formula is C18H19FN4O2. The number of methoxy groups -OCH3 is 2. The molecule has 0 aliphatic carbocycles. The van der Waals surface area contributed by atoms with Crippen LogP contribution in [0.4, 0.5) is 15.9 Å². The van der Waals surface area contributed by atoms with Crippen LogP contribution in [-0.4, -0.2) is 23.6 Å². The number of imidazole rings is 1. The van der Waals surface area contributed by atoms with Crippen molar-refractivity contribution in [2.45, 2.75) is 19.8 Å². The van der Waals surface area contributed by atoms with Gasteiger partial charge >= 0.3 is 0 Å². The molecular weight excluding hydrogens is 323 g/mol. The number of ether oxygens (including phenoxy) is 2. The monoisotopic (exact) mass is 342 g/mol. The number of rotatable bonds is 5. The molecule has 7 heteroatoms. The fraction of sp³-hybridized carbons (Fsp3) is 0.278. The van der Waals surface area contributed by atoms with Crippen LogP contribution in [-0.2, 0) is 0 Å². The Balaban J connectivity index is 2.09. The van der Waals surface area contributed by atoms with Crippen molar-refractivity contribution in [1.82, 2.24) is 9.38 Å². The van der Waals surface area contributed by atoms with Gasteiger partial charge in [-0.05, 0) is 30.2 Å². The lowest BCUT2D eigenvalue weighted by molar-refractivity contribution is 0.395. The first-order valence-corrected chi connectivity index (χ1v) is 7.84. The highest BCUT2D eigenvalue weighted by Crippen LogP contribution is 2.34. The standard InChI is InChI=1S/C18H19FN4O2/c1-11(2)17-18(23-10-12(19)5-8-16(23)20-17)22-21-14-7-6-13(24-3)9-15(14)25-4/h5-11H,1-4H3. The average Bonchev–Trinajstić information content (AvgIpc) is 2.97. The lowest BCUT2D eigenvalue weighted by atomic mass is 10.1. The van der Waals surface area contributed by atoms with E-state index in [1.54, 1.807) is 42.9 Å². The number of hydrogen-bond donors (Lipinski definition) is 0. The van der Waals surface area contributed by atoms with Gasteiger partial charge in [-0.3, -0.25) is 4.40 Å². The number of azo groups is 1.